The van der Waals surface area contributed by atoms with E-state index in [1.807, 2.05) is 6.92 Å². The summed E-state index contributed by atoms with van der Waals surface area (Å²) in [6.45, 7) is 2.62. The quantitative estimate of drug-likeness (QED) is 0.850. The van der Waals surface area contributed by atoms with E-state index in [-0.39, 0.29) is 17.5 Å². The molecule has 19 heavy (non-hydrogen) atoms. The molecule has 0 amide bonds. The monoisotopic (exact) mass is 266 g/mol. The summed E-state index contributed by atoms with van der Waals surface area (Å²) in [5.41, 5.74) is 6.77. The van der Waals surface area contributed by atoms with Crippen molar-refractivity contribution in [1.82, 2.24) is 4.98 Å². The summed E-state index contributed by atoms with van der Waals surface area (Å²) >= 11 is 0. The van der Waals surface area contributed by atoms with E-state index in [2.05, 4.69) is 4.98 Å². The van der Waals surface area contributed by atoms with Crippen LogP contribution in [0.3, 0.4) is 0 Å². The third-order valence-electron chi connectivity index (χ3n) is 4.03. The van der Waals surface area contributed by atoms with Gasteiger partial charge in [-0.1, -0.05) is 25.7 Å². The molecule has 1 heterocycles. The van der Waals surface area contributed by atoms with Crippen molar-refractivity contribution in [3.63, 3.8) is 0 Å². The predicted molar refractivity (Wildman–Crippen MR) is 73.2 cm³/mol. The molecule has 2 rings (SSSR count). The number of nitrogens with two attached hydrogens (primary N) is 1. The van der Waals surface area contributed by atoms with Gasteiger partial charge >= 0.3 is 0 Å². The van der Waals surface area contributed by atoms with Crippen LogP contribution >= 0.6 is 0 Å². The van der Waals surface area contributed by atoms with Crippen LogP contribution in [0, 0.1) is 5.82 Å². The van der Waals surface area contributed by atoms with Crippen LogP contribution in [0.2, 0.25) is 0 Å². The van der Waals surface area contributed by atoms with Crippen molar-refractivity contribution in [1.29, 1.82) is 0 Å². The Labute approximate surface area is 114 Å². The maximum absolute atomic E-state index is 13.3. The zero-order valence-electron chi connectivity index (χ0n) is 11.6. The Balaban J connectivity index is 2.26. The van der Waals surface area contributed by atoms with Crippen LogP contribution in [0.15, 0.2) is 18.5 Å². The maximum Gasteiger partial charge on any atom is 0.141 e. The van der Waals surface area contributed by atoms with Gasteiger partial charge in [-0.25, -0.2) is 4.39 Å². The van der Waals surface area contributed by atoms with Gasteiger partial charge in [0, 0.05) is 12.8 Å². The minimum atomic E-state index is -0.360. The molecule has 1 atom stereocenters. The van der Waals surface area contributed by atoms with E-state index in [0.29, 0.717) is 6.61 Å². The van der Waals surface area contributed by atoms with Gasteiger partial charge in [-0.2, -0.15) is 0 Å². The first-order valence-corrected chi connectivity index (χ1v) is 7.18. The Hall–Kier alpha value is -1.00. The van der Waals surface area contributed by atoms with E-state index in [0.717, 1.165) is 31.2 Å². The number of ether oxygens (including phenoxy) is 1. The first kappa shape index (κ1) is 14.4. The third-order valence-corrected chi connectivity index (χ3v) is 4.03. The zero-order valence-corrected chi connectivity index (χ0v) is 11.6. The largest absolute Gasteiger partial charge is 0.373 e. The van der Waals surface area contributed by atoms with E-state index in [4.69, 9.17) is 10.5 Å². The summed E-state index contributed by atoms with van der Waals surface area (Å²) in [5.74, 6) is -0.340. The standard InChI is InChI=1S/C15H23FN2O/c1-2-19-15(7-5-3-4-6-8-15)14(17)12-9-13(16)11-18-10-12/h9-11,14H,2-8,17H2,1H3. The Kier molecular flexibility index (Phi) is 4.88. The molecule has 0 aliphatic heterocycles. The number of nitrogens with zero attached hydrogens (tertiary/aromatic N) is 1. The second-order valence-electron chi connectivity index (χ2n) is 5.33. The first-order chi connectivity index (χ1) is 9.18. The molecule has 2 N–H and O–H groups in total. The average molecular weight is 266 g/mol. The number of halogens is 1. The summed E-state index contributed by atoms with van der Waals surface area (Å²) < 4.78 is 19.4. The lowest BCUT2D eigenvalue weighted by Crippen LogP contribution is -2.43. The molecule has 1 unspecified atom stereocenters. The fourth-order valence-electron chi connectivity index (χ4n) is 3.06. The number of hydrogen-bond donors (Lipinski definition) is 1. The van der Waals surface area contributed by atoms with Crippen molar-refractivity contribution in [3.8, 4) is 0 Å². The van der Waals surface area contributed by atoms with Gasteiger partial charge in [0.05, 0.1) is 17.8 Å². The summed E-state index contributed by atoms with van der Waals surface area (Å²) in [4.78, 5) is 3.90. The van der Waals surface area contributed by atoms with Crippen LogP contribution in [-0.4, -0.2) is 17.2 Å². The molecular formula is C15H23FN2O. The molecule has 0 radical (unpaired) electrons. The van der Waals surface area contributed by atoms with Crippen LogP contribution in [-0.2, 0) is 4.74 Å². The average Bonchev–Trinajstić information content (AvgIpc) is 2.65. The highest BCUT2D eigenvalue weighted by molar-refractivity contribution is 5.19. The predicted octanol–water partition coefficient (Wildman–Crippen LogP) is 3.35. The summed E-state index contributed by atoms with van der Waals surface area (Å²) in [5, 5.41) is 0. The van der Waals surface area contributed by atoms with Crippen molar-refractivity contribution in [3.05, 3.63) is 29.8 Å². The Morgan fingerprint density at radius 2 is 2.00 bits per heavy atom. The van der Waals surface area contributed by atoms with Crippen LogP contribution in [0.5, 0.6) is 0 Å². The highest BCUT2D eigenvalue weighted by Crippen LogP contribution is 2.39. The van der Waals surface area contributed by atoms with Gasteiger partial charge in [0.2, 0.25) is 0 Å². The lowest BCUT2D eigenvalue weighted by Gasteiger charge is -2.38. The lowest BCUT2D eigenvalue weighted by atomic mass is 9.83. The Morgan fingerprint density at radius 3 is 2.58 bits per heavy atom. The molecular weight excluding hydrogens is 243 g/mol. The van der Waals surface area contributed by atoms with Crippen LogP contribution in [0.25, 0.3) is 0 Å². The molecule has 4 heteroatoms. The van der Waals surface area contributed by atoms with E-state index in [1.165, 1.54) is 25.1 Å². The SMILES string of the molecule is CCOC1(C(N)c2cncc(F)c2)CCCCCC1. The molecule has 1 saturated carbocycles. The topological polar surface area (TPSA) is 48.1 Å². The fourth-order valence-corrected chi connectivity index (χ4v) is 3.06. The molecule has 1 aliphatic rings. The minimum absolute atomic E-state index is 0.311. The molecule has 0 bridgehead atoms. The van der Waals surface area contributed by atoms with Gasteiger partial charge < -0.3 is 10.5 Å². The van der Waals surface area contributed by atoms with Gasteiger partial charge in [-0.05, 0) is 31.4 Å². The van der Waals surface area contributed by atoms with Crippen LogP contribution in [0.1, 0.15) is 57.1 Å². The summed E-state index contributed by atoms with van der Waals surface area (Å²) in [7, 11) is 0. The van der Waals surface area contributed by atoms with E-state index in [9.17, 15) is 4.39 Å². The van der Waals surface area contributed by atoms with E-state index in [1.54, 1.807) is 6.20 Å². The van der Waals surface area contributed by atoms with Gasteiger partial charge in [0.15, 0.2) is 0 Å². The number of pyridine rings is 1. The second-order valence-corrected chi connectivity index (χ2v) is 5.33. The molecule has 1 aromatic heterocycles. The third kappa shape index (κ3) is 3.31. The molecule has 0 aromatic carbocycles. The minimum Gasteiger partial charge on any atom is -0.373 e. The molecule has 1 aliphatic carbocycles. The van der Waals surface area contributed by atoms with Gasteiger partial charge in [-0.15, -0.1) is 0 Å². The maximum atomic E-state index is 13.3. The van der Waals surface area contributed by atoms with Crippen molar-refractivity contribution in [2.45, 2.75) is 57.1 Å². The Morgan fingerprint density at radius 1 is 1.32 bits per heavy atom. The van der Waals surface area contributed by atoms with Crippen LogP contribution in [0.4, 0.5) is 4.39 Å². The first-order valence-electron chi connectivity index (χ1n) is 7.18. The van der Waals surface area contributed by atoms with Crippen molar-refractivity contribution in [2.24, 2.45) is 5.73 Å². The van der Waals surface area contributed by atoms with E-state index >= 15 is 0 Å². The zero-order chi connectivity index (χ0) is 13.7. The molecule has 1 aromatic rings. The normalized spacial score (nSPS) is 20.8. The lowest BCUT2D eigenvalue weighted by molar-refractivity contribution is -0.0696. The molecule has 1 fully saturated rings. The van der Waals surface area contributed by atoms with Gasteiger partial charge in [0.25, 0.3) is 0 Å². The second kappa shape index (κ2) is 6.44. The molecule has 3 nitrogen and oxygen atoms in total. The smallest absolute Gasteiger partial charge is 0.141 e. The van der Waals surface area contributed by atoms with Crippen LogP contribution < -0.4 is 5.73 Å². The van der Waals surface area contributed by atoms with Gasteiger partial charge in [-0.3, -0.25) is 4.98 Å². The number of rotatable bonds is 4. The molecule has 106 valence electrons. The fraction of sp³-hybridized carbons (Fsp3) is 0.667. The van der Waals surface area contributed by atoms with E-state index < -0.39 is 0 Å². The van der Waals surface area contributed by atoms with Crippen molar-refractivity contribution >= 4 is 0 Å². The molecule has 0 spiro atoms. The highest BCUT2D eigenvalue weighted by atomic mass is 19.1. The summed E-state index contributed by atoms with van der Waals surface area (Å²) in [6, 6.07) is 1.16. The Bertz CT molecular complexity index is 403. The number of hydrogen-bond acceptors (Lipinski definition) is 3. The summed E-state index contributed by atoms with van der Waals surface area (Å²) in [6.07, 6.45) is 9.44. The van der Waals surface area contributed by atoms with Crippen molar-refractivity contribution in [2.75, 3.05) is 6.61 Å². The highest BCUT2D eigenvalue weighted by Gasteiger charge is 2.38. The van der Waals surface area contributed by atoms with Crippen molar-refractivity contribution < 1.29 is 9.13 Å². The van der Waals surface area contributed by atoms with Gasteiger partial charge in [0.1, 0.15) is 5.82 Å². The number of aromatic nitrogens is 1. The molecule has 0 saturated heterocycles.